The molecule has 4 nitrogen and oxygen atoms in total. The number of methoxy groups -OCH3 is 1. The zero-order valence-electron chi connectivity index (χ0n) is 11.4. The summed E-state index contributed by atoms with van der Waals surface area (Å²) in [5.41, 5.74) is 2.71. The van der Waals surface area contributed by atoms with Gasteiger partial charge in [-0.15, -0.1) is 0 Å². The van der Waals surface area contributed by atoms with E-state index in [0.717, 1.165) is 16.6 Å². The van der Waals surface area contributed by atoms with Crippen LogP contribution in [0.2, 0.25) is 0 Å². The molecular formula is C15H16BrNO3. The summed E-state index contributed by atoms with van der Waals surface area (Å²) in [6.07, 6.45) is 2.35. The van der Waals surface area contributed by atoms with E-state index in [0.29, 0.717) is 17.9 Å². The molecule has 0 saturated carbocycles. The van der Waals surface area contributed by atoms with Gasteiger partial charge in [0.15, 0.2) is 0 Å². The molecule has 20 heavy (non-hydrogen) atoms. The number of rotatable bonds is 5. The van der Waals surface area contributed by atoms with Crippen LogP contribution in [-0.4, -0.2) is 13.1 Å². The van der Waals surface area contributed by atoms with Crippen molar-refractivity contribution in [2.75, 3.05) is 12.4 Å². The van der Waals surface area contributed by atoms with Crippen LogP contribution >= 0.6 is 15.9 Å². The lowest BCUT2D eigenvalue weighted by Gasteiger charge is -2.10. The Hall–Kier alpha value is -1.75. The van der Waals surface area contributed by atoms with Crippen molar-refractivity contribution in [3.05, 3.63) is 51.9 Å². The first-order valence-corrected chi connectivity index (χ1v) is 7.11. The van der Waals surface area contributed by atoms with E-state index >= 15 is 0 Å². The molecule has 1 aromatic heterocycles. The third kappa shape index (κ3) is 3.42. The van der Waals surface area contributed by atoms with Crippen LogP contribution in [0.4, 0.5) is 5.69 Å². The van der Waals surface area contributed by atoms with Crippen molar-refractivity contribution in [3.8, 4) is 0 Å². The summed E-state index contributed by atoms with van der Waals surface area (Å²) in [4.78, 5) is 11.3. The zero-order chi connectivity index (χ0) is 14.5. The minimum absolute atomic E-state index is 0.391. The third-order valence-electron chi connectivity index (χ3n) is 2.98. The third-order valence-corrected chi connectivity index (χ3v) is 3.47. The van der Waals surface area contributed by atoms with Crippen molar-refractivity contribution in [1.29, 1.82) is 0 Å². The predicted molar refractivity (Wildman–Crippen MR) is 80.9 cm³/mol. The highest BCUT2D eigenvalue weighted by atomic mass is 79.9. The van der Waals surface area contributed by atoms with Gasteiger partial charge in [0, 0.05) is 10.2 Å². The SMILES string of the molecule is CCc1cc(Br)ccc1NCc1cc(C(=O)OC)co1. The number of aryl methyl sites for hydroxylation is 1. The Morgan fingerprint density at radius 1 is 1.40 bits per heavy atom. The monoisotopic (exact) mass is 337 g/mol. The minimum Gasteiger partial charge on any atom is -0.467 e. The lowest BCUT2D eigenvalue weighted by Crippen LogP contribution is -2.02. The molecule has 5 heteroatoms. The number of anilines is 1. The van der Waals surface area contributed by atoms with Gasteiger partial charge in [0.1, 0.15) is 12.0 Å². The summed E-state index contributed by atoms with van der Waals surface area (Å²) in [5, 5.41) is 3.31. The normalized spacial score (nSPS) is 10.3. The second-order valence-electron chi connectivity index (χ2n) is 4.30. The second kappa shape index (κ2) is 6.61. The number of benzene rings is 1. The fourth-order valence-electron chi connectivity index (χ4n) is 1.91. The average molecular weight is 338 g/mol. The summed E-state index contributed by atoms with van der Waals surface area (Å²) < 4.78 is 11.0. The van der Waals surface area contributed by atoms with Crippen LogP contribution < -0.4 is 5.32 Å². The summed E-state index contributed by atoms with van der Waals surface area (Å²) in [5.74, 6) is 0.299. The Kier molecular flexibility index (Phi) is 4.84. The van der Waals surface area contributed by atoms with Crippen LogP contribution in [-0.2, 0) is 17.7 Å². The first-order valence-electron chi connectivity index (χ1n) is 6.32. The molecule has 0 atom stereocenters. The Morgan fingerprint density at radius 3 is 2.90 bits per heavy atom. The largest absolute Gasteiger partial charge is 0.467 e. The van der Waals surface area contributed by atoms with E-state index in [4.69, 9.17) is 4.42 Å². The number of ether oxygens (including phenoxy) is 1. The first-order chi connectivity index (χ1) is 9.63. The molecule has 0 unspecified atom stereocenters. The smallest absolute Gasteiger partial charge is 0.341 e. The highest BCUT2D eigenvalue weighted by Crippen LogP contribution is 2.22. The van der Waals surface area contributed by atoms with Gasteiger partial charge in [0.05, 0.1) is 19.2 Å². The standard InChI is InChI=1S/C15H16BrNO3/c1-3-10-6-12(16)4-5-14(10)17-8-13-7-11(9-20-13)15(18)19-2/h4-7,9,17H,3,8H2,1-2H3. The quantitative estimate of drug-likeness (QED) is 0.837. The van der Waals surface area contributed by atoms with Gasteiger partial charge in [0.2, 0.25) is 0 Å². The van der Waals surface area contributed by atoms with E-state index in [1.807, 2.05) is 12.1 Å². The molecule has 0 aliphatic carbocycles. The second-order valence-corrected chi connectivity index (χ2v) is 5.22. The van der Waals surface area contributed by atoms with Crippen LogP contribution in [0.1, 0.15) is 28.6 Å². The maximum atomic E-state index is 11.3. The summed E-state index contributed by atoms with van der Waals surface area (Å²) in [6.45, 7) is 2.63. The Morgan fingerprint density at radius 2 is 2.20 bits per heavy atom. The van der Waals surface area contributed by atoms with Crippen LogP contribution in [0.5, 0.6) is 0 Å². The van der Waals surface area contributed by atoms with Crippen LogP contribution in [0, 0.1) is 0 Å². The molecule has 1 N–H and O–H groups in total. The van der Waals surface area contributed by atoms with Gasteiger partial charge in [-0.3, -0.25) is 0 Å². The molecule has 2 rings (SSSR count). The van der Waals surface area contributed by atoms with Crippen LogP contribution in [0.15, 0.2) is 39.4 Å². The van der Waals surface area contributed by atoms with E-state index < -0.39 is 5.97 Å². The van der Waals surface area contributed by atoms with E-state index in [1.165, 1.54) is 18.9 Å². The Balaban J connectivity index is 2.05. The van der Waals surface area contributed by atoms with E-state index in [2.05, 4.69) is 39.0 Å². The molecular weight excluding hydrogens is 322 g/mol. The van der Waals surface area contributed by atoms with E-state index in [-0.39, 0.29) is 0 Å². The molecule has 0 spiro atoms. The maximum absolute atomic E-state index is 11.3. The number of esters is 1. The number of furan rings is 1. The van der Waals surface area contributed by atoms with Crippen molar-refractivity contribution >= 4 is 27.6 Å². The van der Waals surface area contributed by atoms with Crippen molar-refractivity contribution in [2.24, 2.45) is 0 Å². The molecule has 0 fully saturated rings. The van der Waals surface area contributed by atoms with Crippen LogP contribution in [0.25, 0.3) is 0 Å². The van der Waals surface area contributed by atoms with Gasteiger partial charge in [-0.1, -0.05) is 22.9 Å². The van der Waals surface area contributed by atoms with Gasteiger partial charge in [0.25, 0.3) is 0 Å². The van der Waals surface area contributed by atoms with Crippen LogP contribution in [0.3, 0.4) is 0 Å². The summed E-state index contributed by atoms with van der Waals surface area (Å²) in [6, 6.07) is 7.78. The number of hydrogen-bond acceptors (Lipinski definition) is 4. The van der Waals surface area contributed by atoms with Crippen molar-refractivity contribution in [2.45, 2.75) is 19.9 Å². The molecule has 1 heterocycles. The first kappa shape index (κ1) is 14.7. The number of halogens is 1. The number of nitrogens with one attached hydrogen (secondary N) is 1. The van der Waals surface area contributed by atoms with Crippen molar-refractivity contribution in [1.82, 2.24) is 0 Å². The number of carbonyl (C=O) groups is 1. The summed E-state index contributed by atoms with van der Waals surface area (Å²) >= 11 is 3.46. The average Bonchev–Trinajstić information content (AvgIpc) is 2.93. The van der Waals surface area contributed by atoms with Gasteiger partial charge in [-0.05, 0) is 36.2 Å². The molecule has 0 bridgehead atoms. The molecule has 1 aromatic carbocycles. The molecule has 0 amide bonds. The molecule has 2 aromatic rings. The minimum atomic E-state index is -0.391. The fourth-order valence-corrected chi connectivity index (χ4v) is 2.32. The molecule has 0 radical (unpaired) electrons. The fraction of sp³-hybridized carbons (Fsp3) is 0.267. The number of hydrogen-bond donors (Lipinski definition) is 1. The highest BCUT2D eigenvalue weighted by molar-refractivity contribution is 9.10. The zero-order valence-corrected chi connectivity index (χ0v) is 13.0. The van der Waals surface area contributed by atoms with E-state index in [1.54, 1.807) is 6.07 Å². The number of carbonyl (C=O) groups excluding carboxylic acids is 1. The van der Waals surface area contributed by atoms with Crippen molar-refractivity contribution in [3.63, 3.8) is 0 Å². The van der Waals surface area contributed by atoms with Crippen molar-refractivity contribution < 1.29 is 13.9 Å². The van der Waals surface area contributed by atoms with Gasteiger partial charge in [-0.2, -0.15) is 0 Å². The predicted octanol–water partition coefficient (Wildman–Crippen LogP) is 4.00. The topological polar surface area (TPSA) is 51.5 Å². The van der Waals surface area contributed by atoms with Gasteiger partial charge < -0.3 is 14.5 Å². The Labute approximate surface area is 126 Å². The molecule has 0 aliphatic rings. The molecule has 0 saturated heterocycles. The highest BCUT2D eigenvalue weighted by Gasteiger charge is 2.10. The van der Waals surface area contributed by atoms with Gasteiger partial charge in [-0.25, -0.2) is 4.79 Å². The molecule has 106 valence electrons. The lowest BCUT2D eigenvalue weighted by molar-refractivity contribution is 0.0600. The summed E-state index contributed by atoms with van der Waals surface area (Å²) in [7, 11) is 1.35. The Bertz CT molecular complexity index is 607. The van der Waals surface area contributed by atoms with E-state index in [9.17, 15) is 4.79 Å². The maximum Gasteiger partial charge on any atom is 0.341 e. The molecule has 0 aliphatic heterocycles. The lowest BCUT2D eigenvalue weighted by atomic mass is 10.1. The van der Waals surface area contributed by atoms with Gasteiger partial charge >= 0.3 is 5.97 Å².